The van der Waals surface area contributed by atoms with Gasteiger partial charge in [-0.25, -0.2) is 0 Å². The number of aryl methyl sites for hydroxylation is 1. The fourth-order valence-corrected chi connectivity index (χ4v) is 3.54. The molecule has 1 heteroatoms. The standard InChI is InChI=1S/C23H40O/c1-3-5-7-9-11-13-21(14-12-10-8-6-4-2)15-16-22-17-19-23(24)20-18-22/h17-21,24H,3-16H2,1-2H3. The molecule has 138 valence electrons. The molecule has 1 N–H and O–H groups in total. The topological polar surface area (TPSA) is 20.2 Å². The molecule has 1 rings (SSSR count). The van der Waals surface area contributed by atoms with Crippen molar-refractivity contribution in [3.8, 4) is 5.75 Å². The minimum absolute atomic E-state index is 0.377. The predicted octanol–water partition coefficient (Wildman–Crippen LogP) is 7.66. The van der Waals surface area contributed by atoms with Crippen molar-refractivity contribution in [3.05, 3.63) is 29.8 Å². The fourth-order valence-electron chi connectivity index (χ4n) is 3.54. The van der Waals surface area contributed by atoms with Crippen LogP contribution in [0.2, 0.25) is 0 Å². The van der Waals surface area contributed by atoms with Gasteiger partial charge in [-0.05, 0) is 36.5 Å². The van der Waals surface area contributed by atoms with E-state index in [9.17, 15) is 5.11 Å². The van der Waals surface area contributed by atoms with Gasteiger partial charge in [-0.2, -0.15) is 0 Å². The van der Waals surface area contributed by atoms with E-state index in [4.69, 9.17) is 0 Å². The highest BCUT2D eigenvalue weighted by atomic mass is 16.3. The van der Waals surface area contributed by atoms with Gasteiger partial charge in [0.05, 0.1) is 0 Å². The van der Waals surface area contributed by atoms with Gasteiger partial charge in [0, 0.05) is 0 Å². The third-order valence-electron chi connectivity index (χ3n) is 5.21. The number of hydrogen-bond donors (Lipinski definition) is 1. The summed E-state index contributed by atoms with van der Waals surface area (Å²) in [5.74, 6) is 1.27. The average Bonchev–Trinajstić information content (AvgIpc) is 2.60. The smallest absolute Gasteiger partial charge is 0.115 e. The van der Waals surface area contributed by atoms with E-state index in [1.165, 1.54) is 89.0 Å². The Bertz CT molecular complexity index is 368. The van der Waals surface area contributed by atoms with Gasteiger partial charge in [0.2, 0.25) is 0 Å². The summed E-state index contributed by atoms with van der Waals surface area (Å²) in [6.45, 7) is 4.58. The van der Waals surface area contributed by atoms with E-state index >= 15 is 0 Å². The molecule has 0 aliphatic carbocycles. The molecule has 1 nitrogen and oxygen atoms in total. The van der Waals surface area contributed by atoms with E-state index in [-0.39, 0.29) is 0 Å². The van der Waals surface area contributed by atoms with Crippen molar-refractivity contribution in [1.82, 2.24) is 0 Å². The molecule has 0 radical (unpaired) electrons. The molecular formula is C23H40O. The van der Waals surface area contributed by atoms with Crippen LogP contribution < -0.4 is 0 Å². The van der Waals surface area contributed by atoms with E-state index in [1.807, 2.05) is 12.1 Å². The number of benzene rings is 1. The van der Waals surface area contributed by atoms with Crippen LogP contribution in [0, 0.1) is 5.92 Å². The number of phenols is 1. The second-order valence-corrected chi connectivity index (χ2v) is 7.48. The first-order valence-corrected chi connectivity index (χ1v) is 10.5. The molecule has 1 aromatic carbocycles. The summed E-state index contributed by atoms with van der Waals surface area (Å²) in [6, 6.07) is 7.80. The first kappa shape index (κ1) is 21.1. The zero-order valence-corrected chi connectivity index (χ0v) is 16.2. The number of aromatic hydroxyl groups is 1. The van der Waals surface area contributed by atoms with Crippen molar-refractivity contribution in [1.29, 1.82) is 0 Å². The Hall–Kier alpha value is -0.980. The van der Waals surface area contributed by atoms with Gasteiger partial charge < -0.3 is 5.11 Å². The minimum Gasteiger partial charge on any atom is -0.508 e. The van der Waals surface area contributed by atoms with E-state index in [1.54, 1.807) is 0 Å². The molecule has 0 unspecified atom stereocenters. The molecule has 0 saturated carbocycles. The molecule has 0 amide bonds. The van der Waals surface area contributed by atoms with E-state index < -0.39 is 0 Å². The normalized spacial score (nSPS) is 11.3. The predicted molar refractivity (Wildman–Crippen MR) is 107 cm³/mol. The quantitative estimate of drug-likeness (QED) is 0.327. The SMILES string of the molecule is CCCCCCCC(CCCCCCC)CCc1ccc(O)cc1. The molecule has 24 heavy (non-hydrogen) atoms. The van der Waals surface area contributed by atoms with E-state index in [0.717, 1.165) is 12.3 Å². The van der Waals surface area contributed by atoms with Crippen LogP contribution in [0.25, 0.3) is 0 Å². The second kappa shape index (κ2) is 14.4. The highest BCUT2D eigenvalue weighted by molar-refractivity contribution is 5.25. The molecule has 0 heterocycles. The van der Waals surface area contributed by atoms with Crippen molar-refractivity contribution in [2.45, 2.75) is 104 Å². The molecular weight excluding hydrogens is 292 g/mol. The van der Waals surface area contributed by atoms with E-state index in [0.29, 0.717) is 5.75 Å². The molecule has 0 aromatic heterocycles. The lowest BCUT2D eigenvalue weighted by atomic mass is 9.89. The maximum absolute atomic E-state index is 9.41. The monoisotopic (exact) mass is 332 g/mol. The van der Waals surface area contributed by atoms with Crippen molar-refractivity contribution >= 4 is 0 Å². The Morgan fingerprint density at radius 1 is 0.667 bits per heavy atom. The van der Waals surface area contributed by atoms with E-state index in [2.05, 4.69) is 26.0 Å². The number of unbranched alkanes of at least 4 members (excludes halogenated alkanes) is 8. The highest BCUT2D eigenvalue weighted by Gasteiger charge is 2.09. The van der Waals surface area contributed by atoms with Crippen LogP contribution in [0.15, 0.2) is 24.3 Å². The van der Waals surface area contributed by atoms with Crippen LogP contribution >= 0.6 is 0 Å². The Morgan fingerprint density at radius 3 is 1.67 bits per heavy atom. The van der Waals surface area contributed by atoms with Gasteiger partial charge in [-0.15, -0.1) is 0 Å². The van der Waals surface area contributed by atoms with Crippen molar-refractivity contribution in [2.75, 3.05) is 0 Å². The fraction of sp³-hybridized carbons (Fsp3) is 0.739. The summed E-state index contributed by atoms with van der Waals surface area (Å²) >= 11 is 0. The van der Waals surface area contributed by atoms with Crippen molar-refractivity contribution < 1.29 is 5.11 Å². The largest absolute Gasteiger partial charge is 0.508 e. The first-order valence-electron chi connectivity index (χ1n) is 10.5. The lowest BCUT2D eigenvalue weighted by Gasteiger charge is -2.17. The molecule has 1 aromatic rings. The molecule has 0 bridgehead atoms. The maximum atomic E-state index is 9.41. The van der Waals surface area contributed by atoms with Crippen LogP contribution in [0.3, 0.4) is 0 Å². The van der Waals surface area contributed by atoms with Crippen LogP contribution in [-0.2, 0) is 6.42 Å². The van der Waals surface area contributed by atoms with Gasteiger partial charge in [-0.3, -0.25) is 0 Å². The van der Waals surface area contributed by atoms with Crippen LogP contribution in [0.5, 0.6) is 5.75 Å². The van der Waals surface area contributed by atoms with Crippen molar-refractivity contribution in [2.24, 2.45) is 5.92 Å². The number of phenolic OH excluding ortho intramolecular Hbond substituents is 1. The first-order chi connectivity index (χ1) is 11.8. The summed E-state index contributed by atoms with van der Waals surface area (Å²) < 4.78 is 0. The van der Waals surface area contributed by atoms with Gasteiger partial charge in [0.15, 0.2) is 0 Å². The zero-order valence-electron chi connectivity index (χ0n) is 16.2. The molecule has 0 aliphatic rings. The Balaban J connectivity index is 2.30. The lowest BCUT2D eigenvalue weighted by Crippen LogP contribution is -2.03. The highest BCUT2D eigenvalue weighted by Crippen LogP contribution is 2.24. The molecule has 0 spiro atoms. The lowest BCUT2D eigenvalue weighted by molar-refractivity contribution is 0.381. The van der Waals surface area contributed by atoms with Crippen LogP contribution in [0.4, 0.5) is 0 Å². The molecule has 0 saturated heterocycles. The average molecular weight is 333 g/mol. The third-order valence-corrected chi connectivity index (χ3v) is 5.21. The van der Waals surface area contributed by atoms with Crippen LogP contribution in [0.1, 0.15) is 103 Å². The second-order valence-electron chi connectivity index (χ2n) is 7.48. The Morgan fingerprint density at radius 2 is 1.17 bits per heavy atom. The Kier molecular flexibility index (Phi) is 12.6. The Labute approximate surface area is 150 Å². The summed E-state index contributed by atoms with van der Waals surface area (Å²) in [4.78, 5) is 0. The maximum Gasteiger partial charge on any atom is 0.115 e. The van der Waals surface area contributed by atoms with Gasteiger partial charge in [-0.1, -0.05) is 103 Å². The minimum atomic E-state index is 0.377. The summed E-state index contributed by atoms with van der Waals surface area (Å²) in [6.07, 6.45) is 19.2. The summed E-state index contributed by atoms with van der Waals surface area (Å²) in [5, 5.41) is 9.41. The number of hydrogen-bond acceptors (Lipinski definition) is 1. The van der Waals surface area contributed by atoms with Crippen molar-refractivity contribution in [3.63, 3.8) is 0 Å². The number of rotatable bonds is 15. The van der Waals surface area contributed by atoms with Gasteiger partial charge >= 0.3 is 0 Å². The molecule has 0 fully saturated rings. The van der Waals surface area contributed by atoms with Gasteiger partial charge in [0.25, 0.3) is 0 Å². The summed E-state index contributed by atoms with van der Waals surface area (Å²) in [7, 11) is 0. The summed E-state index contributed by atoms with van der Waals surface area (Å²) in [5.41, 5.74) is 1.37. The molecule has 0 atom stereocenters. The van der Waals surface area contributed by atoms with Crippen LogP contribution in [-0.4, -0.2) is 5.11 Å². The molecule has 0 aliphatic heterocycles. The zero-order chi connectivity index (χ0) is 17.5. The van der Waals surface area contributed by atoms with Gasteiger partial charge in [0.1, 0.15) is 5.75 Å². The third kappa shape index (κ3) is 10.7.